The van der Waals surface area contributed by atoms with Gasteiger partial charge in [0.1, 0.15) is 0 Å². The van der Waals surface area contributed by atoms with E-state index < -0.39 is 8.32 Å². The average Bonchev–Trinajstić information content (AvgIpc) is 2.63. The SMILES string of the molecule is CC(C)(C)[Si](OC[C@H]1CC=C[C@@H](O)C1)(c1ccccc1)c1ccccc1. The van der Waals surface area contributed by atoms with Gasteiger partial charge in [0, 0.05) is 6.61 Å². The van der Waals surface area contributed by atoms with Crippen molar-refractivity contribution in [2.45, 2.75) is 44.8 Å². The van der Waals surface area contributed by atoms with Gasteiger partial charge < -0.3 is 9.53 Å². The van der Waals surface area contributed by atoms with Crippen molar-refractivity contribution in [2.24, 2.45) is 5.92 Å². The summed E-state index contributed by atoms with van der Waals surface area (Å²) in [5.74, 6) is 0.372. The Kier molecular flexibility index (Phi) is 5.81. The smallest absolute Gasteiger partial charge is 0.261 e. The molecule has 0 radical (unpaired) electrons. The Morgan fingerprint density at radius 1 is 0.962 bits per heavy atom. The van der Waals surface area contributed by atoms with Gasteiger partial charge in [-0.2, -0.15) is 0 Å². The Bertz CT molecular complexity index is 679. The third-order valence-corrected chi connectivity index (χ3v) is 10.4. The minimum atomic E-state index is -2.46. The molecule has 0 fully saturated rings. The number of aliphatic hydroxyl groups excluding tert-OH is 1. The second-order valence-electron chi connectivity index (χ2n) is 8.31. The van der Waals surface area contributed by atoms with E-state index in [2.05, 4.69) is 87.5 Å². The number of rotatable bonds is 5. The van der Waals surface area contributed by atoms with E-state index in [0.717, 1.165) is 12.8 Å². The average molecular weight is 367 g/mol. The zero-order valence-corrected chi connectivity index (χ0v) is 17.1. The third-order valence-electron chi connectivity index (χ3n) is 5.35. The van der Waals surface area contributed by atoms with Crippen LogP contribution >= 0.6 is 0 Å². The lowest BCUT2D eigenvalue weighted by atomic mass is 9.93. The molecule has 0 amide bonds. The number of hydrogen-bond acceptors (Lipinski definition) is 2. The highest BCUT2D eigenvalue weighted by Gasteiger charge is 2.50. The van der Waals surface area contributed by atoms with E-state index in [1.54, 1.807) is 0 Å². The molecule has 2 atom stereocenters. The predicted molar refractivity (Wildman–Crippen MR) is 111 cm³/mol. The Balaban J connectivity index is 2.01. The Labute approximate surface area is 158 Å². The summed E-state index contributed by atoms with van der Waals surface area (Å²) < 4.78 is 6.95. The van der Waals surface area contributed by atoms with Crippen molar-refractivity contribution in [3.63, 3.8) is 0 Å². The standard InChI is InChI=1S/C23H30O2Si/c1-23(2,3)26(21-13-6-4-7-14-21,22-15-8-5-9-16-22)25-18-19-11-10-12-20(24)17-19/h4-10,12-16,19-20,24H,11,17-18H2,1-3H3/t19-,20+/m0/s1. The van der Waals surface area contributed by atoms with E-state index in [4.69, 9.17) is 4.43 Å². The second kappa shape index (κ2) is 7.91. The molecular weight excluding hydrogens is 336 g/mol. The maximum atomic E-state index is 9.97. The first kappa shape index (κ1) is 19.1. The Hall–Kier alpha value is -1.68. The largest absolute Gasteiger partial charge is 0.407 e. The number of hydrogen-bond donors (Lipinski definition) is 1. The van der Waals surface area contributed by atoms with Crippen molar-refractivity contribution < 1.29 is 9.53 Å². The topological polar surface area (TPSA) is 29.5 Å². The van der Waals surface area contributed by atoms with E-state index >= 15 is 0 Å². The summed E-state index contributed by atoms with van der Waals surface area (Å²) in [6, 6.07) is 21.5. The van der Waals surface area contributed by atoms with Gasteiger partial charge in [-0.25, -0.2) is 0 Å². The molecule has 26 heavy (non-hydrogen) atoms. The monoisotopic (exact) mass is 366 g/mol. The van der Waals surface area contributed by atoms with Crippen LogP contribution in [-0.2, 0) is 4.43 Å². The van der Waals surface area contributed by atoms with Gasteiger partial charge in [0.25, 0.3) is 8.32 Å². The van der Waals surface area contributed by atoms with Crippen molar-refractivity contribution in [3.8, 4) is 0 Å². The zero-order valence-electron chi connectivity index (χ0n) is 16.1. The van der Waals surface area contributed by atoms with Crippen LogP contribution in [0.15, 0.2) is 72.8 Å². The molecule has 2 aromatic rings. The summed E-state index contributed by atoms with van der Waals surface area (Å²) in [5, 5.41) is 12.6. The molecule has 138 valence electrons. The molecule has 3 heteroatoms. The Morgan fingerprint density at radius 3 is 1.96 bits per heavy atom. The number of benzene rings is 2. The molecule has 0 spiro atoms. The summed E-state index contributed by atoms with van der Waals surface area (Å²) in [4.78, 5) is 0. The molecule has 0 aromatic heterocycles. The highest BCUT2D eigenvalue weighted by Crippen LogP contribution is 2.37. The van der Waals surface area contributed by atoms with Crippen molar-refractivity contribution in [3.05, 3.63) is 72.8 Å². The summed E-state index contributed by atoms with van der Waals surface area (Å²) >= 11 is 0. The van der Waals surface area contributed by atoms with E-state index in [9.17, 15) is 5.11 Å². The van der Waals surface area contributed by atoms with E-state index in [1.807, 2.05) is 6.08 Å². The normalized spacial score (nSPS) is 20.9. The molecule has 0 saturated heterocycles. The minimum absolute atomic E-state index is 0.00116. The fourth-order valence-electron chi connectivity index (χ4n) is 4.08. The van der Waals surface area contributed by atoms with Crippen molar-refractivity contribution in [1.29, 1.82) is 0 Å². The van der Waals surface area contributed by atoms with E-state index in [-0.39, 0.29) is 11.1 Å². The van der Waals surface area contributed by atoms with Gasteiger partial charge in [0.15, 0.2) is 0 Å². The highest BCUT2D eigenvalue weighted by molar-refractivity contribution is 6.99. The third kappa shape index (κ3) is 3.85. The van der Waals surface area contributed by atoms with Crippen molar-refractivity contribution in [1.82, 2.24) is 0 Å². The van der Waals surface area contributed by atoms with Gasteiger partial charge in [0.2, 0.25) is 0 Å². The van der Waals surface area contributed by atoms with Crippen LogP contribution in [0.5, 0.6) is 0 Å². The molecule has 0 saturated carbocycles. The van der Waals surface area contributed by atoms with Crippen LogP contribution in [0.25, 0.3) is 0 Å². The van der Waals surface area contributed by atoms with Crippen molar-refractivity contribution in [2.75, 3.05) is 6.61 Å². The quantitative estimate of drug-likeness (QED) is 0.642. The molecule has 0 unspecified atom stereocenters. The molecular formula is C23H30O2Si. The van der Waals surface area contributed by atoms with Gasteiger partial charge in [-0.1, -0.05) is 93.6 Å². The molecule has 2 aromatic carbocycles. The molecule has 0 heterocycles. The highest BCUT2D eigenvalue weighted by atomic mass is 28.4. The van der Waals surface area contributed by atoms with Crippen LogP contribution in [0.2, 0.25) is 5.04 Å². The van der Waals surface area contributed by atoms with Crippen LogP contribution in [0.1, 0.15) is 33.6 Å². The summed E-state index contributed by atoms with van der Waals surface area (Å²) in [6.45, 7) is 7.59. The van der Waals surface area contributed by atoms with Crippen LogP contribution in [0, 0.1) is 5.92 Å². The maximum Gasteiger partial charge on any atom is 0.261 e. The van der Waals surface area contributed by atoms with Gasteiger partial charge in [0.05, 0.1) is 6.10 Å². The summed E-state index contributed by atoms with van der Waals surface area (Å²) in [7, 11) is -2.46. The molecule has 2 nitrogen and oxygen atoms in total. The molecule has 1 N–H and O–H groups in total. The van der Waals surface area contributed by atoms with Gasteiger partial charge in [-0.05, 0) is 34.2 Å². The minimum Gasteiger partial charge on any atom is -0.407 e. The van der Waals surface area contributed by atoms with E-state index in [1.165, 1.54) is 10.4 Å². The fraction of sp³-hybridized carbons (Fsp3) is 0.391. The first-order chi connectivity index (χ1) is 12.4. The number of aliphatic hydroxyl groups is 1. The fourth-order valence-corrected chi connectivity index (χ4v) is 8.73. The zero-order chi connectivity index (χ0) is 18.6. The molecule has 3 rings (SSSR count). The molecule has 0 bridgehead atoms. The lowest BCUT2D eigenvalue weighted by Crippen LogP contribution is -2.67. The van der Waals surface area contributed by atoms with Crippen molar-refractivity contribution >= 4 is 18.7 Å². The van der Waals surface area contributed by atoms with E-state index in [0.29, 0.717) is 12.5 Å². The maximum absolute atomic E-state index is 9.97. The predicted octanol–water partition coefficient (Wildman–Crippen LogP) is 3.89. The second-order valence-corrected chi connectivity index (χ2v) is 12.6. The lowest BCUT2D eigenvalue weighted by Gasteiger charge is -2.44. The molecule has 1 aliphatic rings. The van der Waals surface area contributed by atoms with Crippen LogP contribution in [0.4, 0.5) is 0 Å². The first-order valence-electron chi connectivity index (χ1n) is 9.53. The van der Waals surface area contributed by atoms with Gasteiger partial charge in [-0.15, -0.1) is 0 Å². The van der Waals surface area contributed by atoms with Crippen LogP contribution in [-0.4, -0.2) is 26.1 Å². The lowest BCUT2D eigenvalue weighted by molar-refractivity contribution is 0.144. The first-order valence-corrected chi connectivity index (χ1v) is 11.4. The van der Waals surface area contributed by atoms with Gasteiger partial charge in [-0.3, -0.25) is 0 Å². The summed E-state index contributed by atoms with van der Waals surface area (Å²) in [6.07, 6.45) is 5.42. The van der Waals surface area contributed by atoms with Crippen LogP contribution in [0.3, 0.4) is 0 Å². The Morgan fingerprint density at radius 2 is 1.50 bits per heavy atom. The molecule has 0 aliphatic heterocycles. The number of allylic oxidation sites excluding steroid dienone is 1. The van der Waals surface area contributed by atoms with Gasteiger partial charge >= 0.3 is 0 Å². The molecule has 1 aliphatic carbocycles. The van der Waals surface area contributed by atoms with Crippen LogP contribution < -0.4 is 10.4 Å². The summed E-state index contributed by atoms with van der Waals surface area (Å²) in [5.41, 5.74) is 0.